The fourth-order valence-electron chi connectivity index (χ4n) is 2.16. The van der Waals surface area contributed by atoms with Crippen LogP contribution in [0.1, 0.15) is 34.1 Å². The van der Waals surface area contributed by atoms with Crippen LogP contribution in [0.3, 0.4) is 0 Å². The molecule has 2 N–H and O–H groups in total. The number of benzene rings is 1. The lowest BCUT2D eigenvalue weighted by Crippen LogP contribution is -2.25. The molecular formula is C17H29N3O. The van der Waals surface area contributed by atoms with E-state index in [0.29, 0.717) is 12.3 Å². The molecule has 1 amide bonds. The molecule has 4 nitrogen and oxygen atoms in total. The zero-order valence-electron chi connectivity index (χ0n) is 13.8. The Hall–Kier alpha value is -1.55. The summed E-state index contributed by atoms with van der Waals surface area (Å²) in [7, 11) is 0. The summed E-state index contributed by atoms with van der Waals surface area (Å²) >= 11 is 0. The van der Waals surface area contributed by atoms with Gasteiger partial charge in [-0.25, -0.2) is 0 Å². The van der Waals surface area contributed by atoms with Gasteiger partial charge in [-0.05, 0) is 50.6 Å². The molecule has 0 aliphatic rings. The Morgan fingerprint density at radius 3 is 2.29 bits per heavy atom. The second-order valence-corrected chi connectivity index (χ2v) is 5.62. The van der Waals surface area contributed by atoms with Gasteiger partial charge >= 0.3 is 0 Å². The molecule has 21 heavy (non-hydrogen) atoms. The van der Waals surface area contributed by atoms with Gasteiger partial charge in [-0.3, -0.25) is 4.79 Å². The Labute approximate surface area is 128 Å². The summed E-state index contributed by atoms with van der Waals surface area (Å²) in [6, 6.07) is 8.04. The lowest BCUT2D eigenvalue weighted by Gasteiger charge is -2.21. The minimum atomic E-state index is 0.0573. The van der Waals surface area contributed by atoms with Crippen LogP contribution in [-0.2, 0) is 4.79 Å². The van der Waals surface area contributed by atoms with Crippen molar-refractivity contribution in [1.82, 2.24) is 5.32 Å². The Bertz CT molecular complexity index is 411. The van der Waals surface area contributed by atoms with Gasteiger partial charge in [-0.1, -0.05) is 13.8 Å². The van der Waals surface area contributed by atoms with Gasteiger partial charge in [-0.15, -0.1) is 0 Å². The quantitative estimate of drug-likeness (QED) is 0.687. The molecule has 0 aromatic heterocycles. The highest BCUT2D eigenvalue weighted by Gasteiger charge is 2.04. The van der Waals surface area contributed by atoms with Gasteiger partial charge in [0.15, 0.2) is 0 Å². The number of nitrogens with zero attached hydrogens (tertiary/aromatic N) is 1. The first-order valence-corrected chi connectivity index (χ1v) is 7.92. The Morgan fingerprint density at radius 1 is 1.14 bits per heavy atom. The molecule has 0 aliphatic carbocycles. The monoisotopic (exact) mass is 291 g/mol. The predicted octanol–water partition coefficient (Wildman–Crippen LogP) is 3.11. The molecule has 0 radical (unpaired) electrons. The summed E-state index contributed by atoms with van der Waals surface area (Å²) in [4.78, 5) is 14.1. The van der Waals surface area contributed by atoms with Gasteiger partial charge in [0.25, 0.3) is 0 Å². The summed E-state index contributed by atoms with van der Waals surface area (Å²) in [6.45, 7) is 12.3. The average Bonchev–Trinajstić information content (AvgIpc) is 2.46. The molecule has 0 fully saturated rings. The smallest absolute Gasteiger partial charge is 0.225 e. The molecule has 0 saturated carbocycles. The average molecular weight is 291 g/mol. The number of anilines is 2. The number of amides is 1. The number of hydrogen-bond acceptors (Lipinski definition) is 3. The summed E-state index contributed by atoms with van der Waals surface area (Å²) in [5.74, 6) is 0.669. The highest BCUT2D eigenvalue weighted by Crippen LogP contribution is 2.17. The Balaban J connectivity index is 2.39. The highest BCUT2D eigenvalue weighted by atomic mass is 16.1. The third kappa shape index (κ3) is 6.63. The number of carbonyl (C=O) groups is 1. The summed E-state index contributed by atoms with van der Waals surface area (Å²) in [5.41, 5.74) is 2.05. The molecule has 118 valence electrons. The fraction of sp³-hybridized carbons (Fsp3) is 0.588. The Kier molecular flexibility index (Phi) is 7.83. The van der Waals surface area contributed by atoms with Crippen molar-refractivity contribution in [1.29, 1.82) is 0 Å². The molecule has 0 heterocycles. The molecule has 0 atom stereocenters. The van der Waals surface area contributed by atoms with E-state index in [0.717, 1.165) is 31.9 Å². The van der Waals surface area contributed by atoms with Crippen molar-refractivity contribution in [2.45, 2.75) is 34.1 Å². The number of rotatable bonds is 9. The van der Waals surface area contributed by atoms with E-state index >= 15 is 0 Å². The fourth-order valence-corrected chi connectivity index (χ4v) is 2.16. The van der Waals surface area contributed by atoms with Crippen molar-refractivity contribution in [2.75, 3.05) is 36.4 Å². The summed E-state index contributed by atoms with van der Waals surface area (Å²) in [6.07, 6.45) is 0.504. The van der Waals surface area contributed by atoms with E-state index in [9.17, 15) is 4.79 Å². The molecule has 0 saturated heterocycles. The summed E-state index contributed by atoms with van der Waals surface area (Å²) in [5, 5.41) is 6.21. The van der Waals surface area contributed by atoms with Crippen LogP contribution in [0.4, 0.5) is 11.4 Å². The Morgan fingerprint density at radius 2 is 1.76 bits per heavy atom. The third-order valence-corrected chi connectivity index (χ3v) is 3.36. The second-order valence-electron chi connectivity index (χ2n) is 5.62. The molecule has 0 aliphatic heterocycles. The van der Waals surface area contributed by atoms with Crippen LogP contribution in [0.15, 0.2) is 24.3 Å². The van der Waals surface area contributed by atoms with E-state index in [1.54, 1.807) is 0 Å². The van der Waals surface area contributed by atoms with Crippen LogP contribution < -0.4 is 15.5 Å². The van der Waals surface area contributed by atoms with Gasteiger partial charge < -0.3 is 15.5 Å². The van der Waals surface area contributed by atoms with Gasteiger partial charge in [0.05, 0.1) is 0 Å². The van der Waals surface area contributed by atoms with Gasteiger partial charge in [0, 0.05) is 37.4 Å². The van der Waals surface area contributed by atoms with Crippen LogP contribution in [0.25, 0.3) is 0 Å². The van der Waals surface area contributed by atoms with E-state index in [4.69, 9.17) is 0 Å². The highest BCUT2D eigenvalue weighted by molar-refractivity contribution is 5.91. The molecule has 0 unspecified atom stereocenters. The van der Waals surface area contributed by atoms with Crippen LogP contribution in [-0.4, -0.2) is 32.1 Å². The van der Waals surface area contributed by atoms with Gasteiger partial charge in [0.2, 0.25) is 5.91 Å². The van der Waals surface area contributed by atoms with Crippen molar-refractivity contribution in [3.63, 3.8) is 0 Å². The predicted molar refractivity (Wildman–Crippen MR) is 91.0 cm³/mol. The van der Waals surface area contributed by atoms with E-state index in [1.807, 2.05) is 12.1 Å². The first-order valence-electron chi connectivity index (χ1n) is 7.92. The molecular weight excluding hydrogens is 262 g/mol. The van der Waals surface area contributed by atoms with Gasteiger partial charge in [-0.2, -0.15) is 0 Å². The number of hydrogen-bond donors (Lipinski definition) is 2. The van der Waals surface area contributed by atoms with Crippen LogP contribution >= 0.6 is 0 Å². The lowest BCUT2D eigenvalue weighted by atomic mass is 10.2. The summed E-state index contributed by atoms with van der Waals surface area (Å²) < 4.78 is 0. The molecule has 1 aromatic carbocycles. The SMILES string of the molecule is CCN(CC)c1ccc(NC(=O)CCNCC(C)C)cc1. The maximum Gasteiger partial charge on any atom is 0.225 e. The zero-order valence-corrected chi connectivity index (χ0v) is 13.8. The lowest BCUT2D eigenvalue weighted by molar-refractivity contribution is -0.116. The maximum absolute atomic E-state index is 11.8. The number of carbonyl (C=O) groups excluding carboxylic acids is 1. The molecule has 1 rings (SSSR count). The van der Waals surface area contributed by atoms with Crippen LogP contribution in [0, 0.1) is 5.92 Å². The van der Waals surface area contributed by atoms with Crippen molar-refractivity contribution in [3.05, 3.63) is 24.3 Å². The zero-order chi connectivity index (χ0) is 15.7. The van der Waals surface area contributed by atoms with E-state index in [-0.39, 0.29) is 5.91 Å². The van der Waals surface area contributed by atoms with E-state index in [1.165, 1.54) is 5.69 Å². The number of nitrogens with one attached hydrogen (secondary N) is 2. The maximum atomic E-state index is 11.8. The van der Waals surface area contributed by atoms with Crippen LogP contribution in [0.5, 0.6) is 0 Å². The van der Waals surface area contributed by atoms with Crippen molar-refractivity contribution >= 4 is 17.3 Å². The van der Waals surface area contributed by atoms with Crippen molar-refractivity contribution in [3.8, 4) is 0 Å². The second kappa shape index (κ2) is 9.40. The molecule has 4 heteroatoms. The minimum absolute atomic E-state index is 0.0573. The standard InChI is InChI=1S/C17H29N3O/c1-5-20(6-2)16-9-7-15(8-10-16)19-17(21)11-12-18-13-14(3)4/h7-10,14,18H,5-6,11-13H2,1-4H3,(H,19,21). The first-order chi connectivity index (χ1) is 10.1. The molecule has 0 spiro atoms. The van der Waals surface area contributed by atoms with Crippen LogP contribution in [0.2, 0.25) is 0 Å². The van der Waals surface area contributed by atoms with Crippen molar-refractivity contribution < 1.29 is 4.79 Å². The molecule has 0 bridgehead atoms. The van der Waals surface area contributed by atoms with E-state index in [2.05, 4.69) is 55.4 Å². The molecule has 1 aromatic rings. The van der Waals surface area contributed by atoms with Gasteiger partial charge in [0.1, 0.15) is 0 Å². The van der Waals surface area contributed by atoms with E-state index < -0.39 is 0 Å². The third-order valence-electron chi connectivity index (χ3n) is 3.36. The first kappa shape index (κ1) is 17.5. The normalized spacial score (nSPS) is 10.7. The topological polar surface area (TPSA) is 44.4 Å². The minimum Gasteiger partial charge on any atom is -0.372 e. The largest absolute Gasteiger partial charge is 0.372 e. The van der Waals surface area contributed by atoms with Crippen molar-refractivity contribution in [2.24, 2.45) is 5.92 Å².